The van der Waals surface area contributed by atoms with E-state index in [1.165, 1.54) is 9.71 Å². The first kappa shape index (κ1) is 15.1. The number of nitrogens with two attached hydrogens (primary N) is 1. The van der Waals surface area contributed by atoms with Crippen molar-refractivity contribution in [1.29, 1.82) is 0 Å². The Morgan fingerprint density at radius 1 is 1.17 bits per heavy atom. The molecule has 2 heterocycles. The summed E-state index contributed by atoms with van der Waals surface area (Å²) in [6, 6.07) is 8.55. The van der Waals surface area contributed by atoms with Crippen molar-refractivity contribution in [1.82, 2.24) is 9.88 Å². The maximum atomic E-state index is 12.6. The molecular formula is C18H23N3OS. The molecule has 2 N–H and O–H groups in total. The Bertz CT molecular complexity index is 672. The number of carbonyl (C=O) groups excluding carboxylic acids is 1. The van der Waals surface area contributed by atoms with Crippen molar-refractivity contribution in [2.24, 2.45) is 11.7 Å². The number of hydrogen-bond acceptors (Lipinski definition) is 4. The topological polar surface area (TPSA) is 59.2 Å². The minimum Gasteiger partial charge on any atom is -0.342 e. The monoisotopic (exact) mass is 329 g/mol. The molecule has 1 saturated carbocycles. The maximum absolute atomic E-state index is 12.6. The second-order valence-electron chi connectivity index (χ2n) is 6.89. The lowest BCUT2D eigenvalue weighted by molar-refractivity contribution is -0.136. The molecule has 1 aromatic heterocycles. The van der Waals surface area contributed by atoms with Gasteiger partial charge in [-0.05, 0) is 44.2 Å². The Morgan fingerprint density at radius 3 is 2.65 bits per heavy atom. The molecule has 1 saturated heterocycles. The number of nitrogens with zero attached hydrogens (tertiary/aromatic N) is 2. The van der Waals surface area contributed by atoms with Gasteiger partial charge in [0.05, 0.1) is 15.2 Å². The summed E-state index contributed by atoms with van der Waals surface area (Å²) in [5.74, 6) is 1.01. The van der Waals surface area contributed by atoms with Crippen LogP contribution in [0.2, 0.25) is 0 Å². The van der Waals surface area contributed by atoms with Crippen molar-refractivity contribution in [3.8, 4) is 0 Å². The van der Waals surface area contributed by atoms with Crippen molar-refractivity contribution in [3.63, 3.8) is 0 Å². The quantitative estimate of drug-likeness (QED) is 0.921. The van der Waals surface area contributed by atoms with Gasteiger partial charge in [-0.2, -0.15) is 0 Å². The van der Waals surface area contributed by atoms with E-state index in [9.17, 15) is 4.79 Å². The van der Waals surface area contributed by atoms with Crippen LogP contribution in [-0.2, 0) is 4.79 Å². The van der Waals surface area contributed by atoms with Crippen LogP contribution < -0.4 is 5.73 Å². The van der Waals surface area contributed by atoms with Crippen LogP contribution in [0.4, 0.5) is 0 Å². The molecule has 4 nitrogen and oxygen atoms in total. The van der Waals surface area contributed by atoms with Crippen molar-refractivity contribution in [2.75, 3.05) is 13.1 Å². The van der Waals surface area contributed by atoms with Crippen LogP contribution in [0.25, 0.3) is 10.2 Å². The van der Waals surface area contributed by atoms with Crippen molar-refractivity contribution in [3.05, 3.63) is 29.3 Å². The Morgan fingerprint density at radius 2 is 1.96 bits per heavy atom. The van der Waals surface area contributed by atoms with E-state index < -0.39 is 0 Å². The molecule has 0 spiro atoms. The third kappa shape index (κ3) is 3.00. The van der Waals surface area contributed by atoms with Gasteiger partial charge >= 0.3 is 0 Å². The highest BCUT2D eigenvalue weighted by Gasteiger charge is 2.33. The molecule has 1 aliphatic heterocycles. The molecule has 1 amide bonds. The van der Waals surface area contributed by atoms with E-state index in [0.717, 1.165) is 50.7 Å². The average Bonchev–Trinajstić information content (AvgIpc) is 3.20. The number of piperidine rings is 1. The predicted molar refractivity (Wildman–Crippen MR) is 93.5 cm³/mol. The van der Waals surface area contributed by atoms with Gasteiger partial charge in [0.15, 0.2) is 0 Å². The molecule has 1 aliphatic carbocycles. The van der Waals surface area contributed by atoms with Crippen molar-refractivity contribution >= 4 is 27.5 Å². The molecular weight excluding hydrogens is 306 g/mol. The smallest absolute Gasteiger partial charge is 0.225 e. The second-order valence-corrected chi connectivity index (χ2v) is 7.95. The van der Waals surface area contributed by atoms with Gasteiger partial charge in [-0.15, -0.1) is 11.3 Å². The van der Waals surface area contributed by atoms with Gasteiger partial charge < -0.3 is 10.6 Å². The summed E-state index contributed by atoms with van der Waals surface area (Å²) in [6.07, 6.45) is 4.90. The van der Waals surface area contributed by atoms with E-state index >= 15 is 0 Å². The zero-order valence-electron chi connectivity index (χ0n) is 13.3. The molecule has 0 bridgehead atoms. The number of benzene rings is 1. The molecule has 5 heteroatoms. The summed E-state index contributed by atoms with van der Waals surface area (Å²) < 4.78 is 1.26. The number of aromatic nitrogens is 1. The lowest BCUT2D eigenvalue weighted by atomic mass is 9.96. The molecule has 23 heavy (non-hydrogen) atoms. The molecule has 2 fully saturated rings. The highest BCUT2D eigenvalue weighted by molar-refractivity contribution is 7.18. The minimum absolute atomic E-state index is 0.170. The Labute approximate surface area is 140 Å². The lowest BCUT2D eigenvalue weighted by Gasteiger charge is -2.32. The fourth-order valence-electron chi connectivity index (χ4n) is 3.91. The third-order valence-electron chi connectivity index (χ3n) is 5.29. The number of fused-ring (bicyclic) bond motifs is 1. The predicted octanol–water partition coefficient (Wildman–Crippen LogP) is 3.13. The second kappa shape index (κ2) is 6.21. The SMILES string of the molecule is NC1CCC(C(=O)N2CCC(c3nc4ccccc4s3)CC2)C1. The molecule has 1 aromatic carbocycles. The fraction of sp³-hybridized carbons (Fsp3) is 0.556. The maximum Gasteiger partial charge on any atom is 0.225 e. The summed E-state index contributed by atoms with van der Waals surface area (Å²) in [5, 5.41) is 1.24. The van der Waals surface area contributed by atoms with Gasteiger partial charge in [-0.1, -0.05) is 12.1 Å². The van der Waals surface area contributed by atoms with E-state index in [0.29, 0.717) is 11.8 Å². The Hall–Kier alpha value is -1.46. The molecule has 4 rings (SSSR count). The fourth-order valence-corrected chi connectivity index (χ4v) is 5.05. The van der Waals surface area contributed by atoms with Crippen LogP contribution in [0.1, 0.15) is 43.0 Å². The number of amides is 1. The molecule has 2 aromatic rings. The molecule has 0 radical (unpaired) electrons. The highest BCUT2D eigenvalue weighted by Crippen LogP contribution is 2.35. The first-order chi connectivity index (χ1) is 11.2. The van der Waals surface area contributed by atoms with Gasteiger partial charge in [0.1, 0.15) is 0 Å². The highest BCUT2D eigenvalue weighted by atomic mass is 32.1. The molecule has 2 atom stereocenters. The van der Waals surface area contributed by atoms with Gasteiger partial charge in [0.2, 0.25) is 5.91 Å². The number of hydrogen-bond donors (Lipinski definition) is 1. The van der Waals surface area contributed by atoms with Crippen LogP contribution in [0, 0.1) is 5.92 Å². The first-order valence-corrected chi connectivity index (χ1v) is 9.42. The van der Waals surface area contributed by atoms with E-state index in [-0.39, 0.29) is 12.0 Å². The van der Waals surface area contributed by atoms with E-state index in [2.05, 4.69) is 23.1 Å². The molecule has 2 aliphatic rings. The number of carbonyl (C=O) groups is 1. The number of rotatable bonds is 2. The number of likely N-dealkylation sites (tertiary alicyclic amines) is 1. The largest absolute Gasteiger partial charge is 0.342 e. The summed E-state index contributed by atoms with van der Waals surface area (Å²) in [5.41, 5.74) is 7.05. The normalized spacial score (nSPS) is 26.0. The minimum atomic E-state index is 0.170. The van der Waals surface area contributed by atoms with Crippen molar-refractivity contribution in [2.45, 2.75) is 44.1 Å². The molecule has 2 unspecified atom stereocenters. The standard InChI is InChI=1S/C18H23N3OS/c19-14-6-5-13(11-14)18(22)21-9-7-12(8-10-21)17-20-15-3-1-2-4-16(15)23-17/h1-4,12-14H,5-11,19H2. The van der Waals surface area contributed by atoms with Crippen molar-refractivity contribution < 1.29 is 4.79 Å². The summed E-state index contributed by atoms with van der Waals surface area (Å²) in [4.78, 5) is 19.4. The van der Waals surface area contributed by atoms with Crippen LogP contribution in [0.15, 0.2) is 24.3 Å². The van der Waals surface area contributed by atoms with Gasteiger partial charge in [0.25, 0.3) is 0 Å². The van der Waals surface area contributed by atoms with E-state index in [1.807, 2.05) is 17.4 Å². The summed E-state index contributed by atoms with van der Waals surface area (Å²) in [7, 11) is 0. The van der Waals surface area contributed by atoms with Gasteiger partial charge in [-0.3, -0.25) is 4.79 Å². The zero-order chi connectivity index (χ0) is 15.8. The first-order valence-electron chi connectivity index (χ1n) is 8.60. The van der Waals surface area contributed by atoms with Crippen LogP contribution in [0.5, 0.6) is 0 Å². The van der Waals surface area contributed by atoms with Crippen LogP contribution in [-0.4, -0.2) is 34.9 Å². The molecule has 122 valence electrons. The van der Waals surface area contributed by atoms with E-state index in [1.54, 1.807) is 0 Å². The van der Waals surface area contributed by atoms with Gasteiger partial charge in [0, 0.05) is 31.0 Å². The van der Waals surface area contributed by atoms with Gasteiger partial charge in [-0.25, -0.2) is 4.98 Å². The lowest BCUT2D eigenvalue weighted by Crippen LogP contribution is -2.41. The average molecular weight is 329 g/mol. The Balaban J connectivity index is 1.39. The number of para-hydroxylation sites is 1. The van der Waals surface area contributed by atoms with Crippen LogP contribution >= 0.6 is 11.3 Å². The number of thiazole rings is 1. The third-order valence-corrected chi connectivity index (χ3v) is 6.49. The summed E-state index contributed by atoms with van der Waals surface area (Å²) >= 11 is 1.81. The van der Waals surface area contributed by atoms with E-state index in [4.69, 9.17) is 10.7 Å². The zero-order valence-corrected chi connectivity index (χ0v) is 14.1. The summed E-state index contributed by atoms with van der Waals surface area (Å²) in [6.45, 7) is 1.73. The van der Waals surface area contributed by atoms with Crippen LogP contribution in [0.3, 0.4) is 0 Å². The Kier molecular flexibility index (Phi) is 4.07.